The second-order valence-corrected chi connectivity index (χ2v) is 15.0. The van der Waals surface area contributed by atoms with E-state index in [4.69, 9.17) is 28.4 Å². The minimum absolute atomic E-state index is 0.234. The lowest BCUT2D eigenvalue weighted by Crippen LogP contribution is -2.72. The second-order valence-electron chi connectivity index (χ2n) is 15.0. The zero-order chi connectivity index (χ0) is 34.2. The second kappa shape index (κ2) is 12.0. The fourth-order valence-electron chi connectivity index (χ4n) is 10.3. The van der Waals surface area contributed by atoms with Gasteiger partial charge in [0.15, 0.2) is 6.29 Å². The normalized spacial score (nSPS) is 44.6. The van der Waals surface area contributed by atoms with Crippen LogP contribution in [0.5, 0.6) is 0 Å². The number of carbonyl (C=O) groups excluding carboxylic acids is 3. The molecule has 2 saturated heterocycles. The van der Waals surface area contributed by atoms with E-state index in [1.165, 1.54) is 0 Å². The summed E-state index contributed by atoms with van der Waals surface area (Å²) < 4.78 is 37.5. The van der Waals surface area contributed by atoms with Crippen LogP contribution in [0, 0.1) is 34.0 Å². The van der Waals surface area contributed by atoms with E-state index < -0.39 is 65.0 Å². The van der Waals surface area contributed by atoms with E-state index in [1.807, 2.05) is 13.0 Å². The molecule has 0 aromatic heterocycles. The van der Waals surface area contributed by atoms with Gasteiger partial charge in [-0.1, -0.05) is 38.5 Å². The van der Waals surface area contributed by atoms with E-state index in [9.17, 15) is 19.5 Å². The third-order valence-corrected chi connectivity index (χ3v) is 13.0. The number of carbonyl (C=O) groups is 3. The highest BCUT2D eigenvalue weighted by Gasteiger charge is 2.77. The molecule has 12 atom stereocenters. The van der Waals surface area contributed by atoms with E-state index in [2.05, 4.69) is 20.8 Å². The van der Waals surface area contributed by atoms with Crippen LogP contribution in [0.15, 0.2) is 46.1 Å². The van der Waals surface area contributed by atoms with E-state index in [0.717, 1.165) is 11.1 Å². The number of allylic oxidation sites excluding steroid dienone is 3. The van der Waals surface area contributed by atoms with Crippen molar-refractivity contribution >= 4 is 17.9 Å². The number of aliphatic hydroxyl groups excluding tert-OH is 1. The van der Waals surface area contributed by atoms with Crippen molar-refractivity contribution in [2.45, 2.75) is 111 Å². The number of ether oxygens (including phenoxy) is 6. The highest BCUT2D eigenvalue weighted by molar-refractivity contribution is 5.92. The molecule has 47 heavy (non-hydrogen) atoms. The molecule has 0 amide bonds. The molecule has 0 spiro atoms. The van der Waals surface area contributed by atoms with Crippen LogP contribution >= 0.6 is 0 Å². The number of esters is 3. The maximum Gasteiger partial charge on any atom is 0.334 e. The molecule has 10 nitrogen and oxygen atoms in total. The van der Waals surface area contributed by atoms with Gasteiger partial charge < -0.3 is 33.5 Å². The van der Waals surface area contributed by atoms with Crippen LogP contribution in [0.1, 0.15) is 74.7 Å². The van der Waals surface area contributed by atoms with E-state index in [-0.39, 0.29) is 43.4 Å². The molecule has 1 N–H and O–H groups in total. The standard InChI is InChI=1S/C37H50O10/c1-10-18(3)32(39)46-26-16-25(38)36(7)24-15-27(42-9)45-23-14-22(21-12-13-43-34(21)41)20(5)28(23)37(24,8)31(47-33(40)19(4)11-2)29-30(36)35(26,6)17-44-29/h10-12,22-27,29-31,38H,13-17H2,1-9H3/b18-10+,19-11+/t22-,23+,24-,25+,26-,27-,29-,30+,31-,35-,36+,37-/m1/s1. The molecule has 3 aliphatic heterocycles. The third kappa shape index (κ3) is 4.83. The molecular weight excluding hydrogens is 604 g/mol. The first-order valence-corrected chi connectivity index (χ1v) is 16.9. The Balaban J connectivity index is 1.55. The van der Waals surface area contributed by atoms with Crippen molar-refractivity contribution in [1.29, 1.82) is 0 Å². The number of cyclic esters (lactones) is 1. The largest absolute Gasteiger partial charge is 0.458 e. The van der Waals surface area contributed by atoms with E-state index >= 15 is 0 Å². The molecule has 0 unspecified atom stereocenters. The average Bonchev–Trinajstić information content (AvgIpc) is 3.70. The monoisotopic (exact) mass is 654 g/mol. The topological polar surface area (TPSA) is 127 Å². The van der Waals surface area contributed by atoms with Crippen molar-refractivity contribution in [3.05, 3.63) is 46.1 Å². The summed E-state index contributed by atoms with van der Waals surface area (Å²) >= 11 is 0. The molecule has 6 rings (SSSR count). The molecule has 0 bridgehead atoms. The highest BCUT2D eigenvalue weighted by atomic mass is 16.7. The number of hydrogen-bond acceptors (Lipinski definition) is 10. The Bertz CT molecular complexity index is 1470. The number of rotatable bonds is 6. The number of hydrogen-bond donors (Lipinski definition) is 1. The SMILES string of the molecule is C/C=C(\C)C(=O)O[C@@H]1[C@@H]2OC[C@]3(C)[C@H](OC(=O)/C(C)=C/C)C[C@H](O)[C@@](C)([C@@H]23)[C@H]2C[C@H](OC)O[C@H]3C[C@@H](C4=CCOC4=O)C(C)=C3[C@]12C. The Hall–Kier alpha value is -2.79. The summed E-state index contributed by atoms with van der Waals surface area (Å²) in [6.07, 6.45) is 2.53. The lowest BCUT2D eigenvalue weighted by molar-refractivity contribution is -0.258. The molecule has 0 aromatic rings. The summed E-state index contributed by atoms with van der Waals surface area (Å²) in [5, 5.41) is 12.3. The average molecular weight is 655 g/mol. The minimum Gasteiger partial charge on any atom is -0.458 e. The molecule has 258 valence electrons. The summed E-state index contributed by atoms with van der Waals surface area (Å²) in [5.41, 5.74) is 1.18. The molecule has 10 heteroatoms. The highest BCUT2D eigenvalue weighted by Crippen LogP contribution is 2.72. The van der Waals surface area contributed by atoms with Gasteiger partial charge in [0, 0.05) is 64.8 Å². The Labute approximate surface area is 277 Å². The third-order valence-electron chi connectivity index (χ3n) is 13.0. The maximum atomic E-state index is 13.7. The summed E-state index contributed by atoms with van der Waals surface area (Å²) in [7, 11) is 1.62. The Morgan fingerprint density at radius 1 is 1.02 bits per heavy atom. The lowest BCUT2D eigenvalue weighted by atomic mass is 9.39. The van der Waals surface area contributed by atoms with Crippen LogP contribution in [0.2, 0.25) is 0 Å². The first-order chi connectivity index (χ1) is 22.2. The summed E-state index contributed by atoms with van der Waals surface area (Å²) in [6.45, 7) is 15.9. The van der Waals surface area contributed by atoms with Gasteiger partial charge in [-0.2, -0.15) is 0 Å². The van der Waals surface area contributed by atoms with Crippen LogP contribution in [-0.2, 0) is 42.8 Å². The molecule has 3 aliphatic carbocycles. The first kappa shape index (κ1) is 34.1. The predicted octanol–water partition coefficient (Wildman–Crippen LogP) is 4.75. The lowest BCUT2D eigenvalue weighted by Gasteiger charge is -2.66. The van der Waals surface area contributed by atoms with Crippen LogP contribution in [0.25, 0.3) is 0 Å². The van der Waals surface area contributed by atoms with Gasteiger partial charge >= 0.3 is 17.9 Å². The van der Waals surface area contributed by atoms with Gasteiger partial charge in [0.1, 0.15) is 18.8 Å². The van der Waals surface area contributed by atoms with Crippen molar-refractivity contribution in [2.24, 2.45) is 34.0 Å². The Kier molecular flexibility index (Phi) is 8.68. The van der Waals surface area contributed by atoms with Gasteiger partial charge in [0.05, 0.1) is 24.9 Å². The van der Waals surface area contributed by atoms with Crippen LogP contribution < -0.4 is 0 Å². The van der Waals surface area contributed by atoms with Gasteiger partial charge in [-0.05, 0) is 58.6 Å². The van der Waals surface area contributed by atoms with Crippen molar-refractivity contribution < 1.29 is 47.9 Å². The zero-order valence-electron chi connectivity index (χ0n) is 29.1. The quantitative estimate of drug-likeness (QED) is 0.186. The zero-order valence-corrected chi connectivity index (χ0v) is 29.1. The van der Waals surface area contributed by atoms with E-state index in [1.54, 1.807) is 47.0 Å². The summed E-state index contributed by atoms with van der Waals surface area (Å²) in [4.78, 5) is 39.6. The number of fused-ring (bicyclic) bond motifs is 4. The Morgan fingerprint density at radius 3 is 2.28 bits per heavy atom. The molecule has 3 heterocycles. The van der Waals surface area contributed by atoms with Crippen LogP contribution in [0.3, 0.4) is 0 Å². The molecule has 6 aliphatic rings. The van der Waals surface area contributed by atoms with Gasteiger partial charge in [0.2, 0.25) is 0 Å². The molecule has 0 aromatic carbocycles. The number of methoxy groups -OCH3 is 1. The summed E-state index contributed by atoms with van der Waals surface area (Å²) in [6, 6.07) is 0. The Morgan fingerprint density at radius 2 is 1.68 bits per heavy atom. The number of aliphatic hydroxyl groups is 1. The fraction of sp³-hybridized carbons (Fsp3) is 0.703. The summed E-state index contributed by atoms with van der Waals surface area (Å²) in [5.74, 6) is -2.08. The smallest absolute Gasteiger partial charge is 0.334 e. The van der Waals surface area contributed by atoms with Crippen LogP contribution in [-0.4, -0.2) is 80.1 Å². The van der Waals surface area contributed by atoms with E-state index in [0.29, 0.717) is 29.6 Å². The fourth-order valence-corrected chi connectivity index (χ4v) is 10.3. The van der Waals surface area contributed by atoms with Crippen LogP contribution in [0.4, 0.5) is 0 Å². The van der Waals surface area contributed by atoms with Gasteiger partial charge in [-0.3, -0.25) is 0 Å². The predicted molar refractivity (Wildman–Crippen MR) is 170 cm³/mol. The maximum absolute atomic E-state index is 13.7. The first-order valence-electron chi connectivity index (χ1n) is 16.9. The molecular formula is C37H50O10. The van der Waals surface area contributed by atoms with Crippen molar-refractivity contribution in [3.8, 4) is 0 Å². The van der Waals surface area contributed by atoms with Crippen molar-refractivity contribution in [1.82, 2.24) is 0 Å². The molecule has 4 fully saturated rings. The van der Waals surface area contributed by atoms with Gasteiger partial charge in [-0.25, -0.2) is 14.4 Å². The van der Waals surface area contributed by atoms with Gasteiger partial charge in [-0.15, -0.1) is 0 Å². The van der Waals surface area contributed by atoms with Crippen molar-refractivity contribution in [2.75, 3.05) is 20.3 Å². The van der Waals surface area contributed by atoms with Gasteiger partial charge in [0.25, 0.3) is 0 Å². The minimum atomic E-state index is -0.883. The molecule has 0 radical (unpaired) electrons. The van der Waals surface area contributed by atoms with Crippen molar-refractivity contribution in [3.63, 3.8) is 0 Å². The molecule has 2 saturated carbocycles.